The number of nitrogens with zero attached hydrogens (tertiary/aromatic N) is 2. The van der Waals surface area contributed by atoms with Gasteiger partial charge in [-0.3, -0.25) is 14.5 Å². The number of rotatable bonds is 5. The third-order valence-corrected chi connectivity index (χ3v) is 5.24. The Bertz CT molecular complexity index is 822. The third-order valence-electron chi connectivity index (χ3n) is 5.24. The van der Waals surface area contributed by atoms with E-state index in [1.165, 1.54) is 11.1 Å². The molecule has 5 nitrogen and oxygen atoms in total. The van der Waals surface area contributed by atoms with Gasteiger partial charge in [0.1, 0.15) is 0 Å². The standard InChI is InChI=1S/C23H29N3O2/c1-17(2)22(27)24-21-10-8-19(9-11-21)23(28)26-14-12-25(13-15-26)16-20-7-5-4-6-18(20)3/h4-11,17H,12-16H2,1-3H3,(H,24,27). The van der Waals surface area contributed by atoms with Gasteiger partial charge >= 0.3 is 0 Å². The molecule has 2 aromatic rings. The van der Waals surface area contributed by atoms with E-state index >= 15 is 0 Å². The highest BCUT2D eigenvalue weighted by Gasteiger charge is 2.22. The molecule has 148 valence electrons. The van der Waals surface area contributed by atoms with Gasteiger partial charge in [-0.25, -0.2) is 0 Å². The van der Waals surface area contributed by atoms with E-state index in [1.807, 2.05) is 18.7 Å². The molecular formula is C23H29N3O2. The van der Waals surface area contributed by atoms with Gasteiger partial charge in [-0.05, 0) is 42.3 Å². The number of hydrogen-bond donors (Lipinski definition) is 1. The van der Waals surface area contributed by atoms with Gasteiger partial charge in [0, 0.05) is 49.9 Å². The quantitative estimate of drug-likeness (QED) is 0.864. The maximum Gasteiger partial charge on any atom is 0.253 e. The van der Waals surface area contributed by atoms with Crippen molar-refractivity contribution in [3.8, 4) is 0 Å². The number of anilines is 1. The summed E-state index contributed by atoms with van der Waals surface area (Å²) in [6, 6.07) is 15.6. The van der Waals surface area contributed by atoms with Crippen LogP contribution in [0, 0.1) is 12.8 Å². The van der Waals surface area contributed by atoms with Crippen LogP contribution in [-0.4, -0.2) is 47.8 Å². The van der Waals surface area contributed by atoms with Crippen LogP contribution in [0.4, 0.5) is 5.69 Å². The smallest absolute Gasteiger partial charge is 0.253 e. The number of benzene rings is 2. The minimum absolute atomic E-state index is 0.0242. The van der Waals surface area contributed by atoms with Gasteiger partial charge in [-0.15, -0.1) is 0 Å². The van der Waals surface area contributed by atoms with Crippen LogP contribution in [0.1, 0.15) is 35.3 Å². The SMILES string of the molecule is Cc1ccccc1CN1CCN(C(=O)c2ccc(NC(=O)C(C)C)cc2)CC1. The molecule has 1 aliphatic heterocycles. The first kappa shape index (κ1) is 20.1. The molecule has 0 unspecified atom stereocenters. The maximum atomic E-state index is 12.8. The van der Waals surface area contributed by atoms with Crippen molar-refractivity contribution >= 4 is 17.5 Å². The van der Waals surface area contributed by atoms with E-state index in [4.69, 9.17) is 0 Å². The van der Waals surface area contributed by atoms with Gasteiger partial charge < -0.3 is 10.2 Å². The summed E-state index contributed by atoms with van der Waals surface area (Å²) in [4.78, 5) is 28.9. The maximum absolute atomic E-state index is 12.8. The Morgan fingerprint density at radius 2 is 1.61 bits per heavy atom. The van der Waals surface area contributed by atoms with Crippen LogP contribution >= 0.6 is 0 Å². The second kappa shape index (κ2) is 9.02. The fraction of sp³-hybridized carbons (Fsp3) is 0.391. The normalized spacial score (nSPS) is 14.9. The highest BCUT2D eigenvalue weighted by Crippen LogP contribution is 2.16. The molecule has 1 aliphatic rings. The van der Waals surface area contributed by atoms with Gasteiger partial charge in [0.25, 0.3) is 5.91 Å². The third kappa shape index (κ3) is 4.98. The van der Waals surface area contributed by atoms with Crippen LogP contribution in [0.15, 0.2) is 48.5 Å². The summed E-state index contributed by atoms with van der Waals surface area (Å²) >= 11 is 0. The van der Waals surface area contributed by atoms with E-state index in [2.05, 4.69) is 41.4 Å². The molecule has 1 fully saturated rings. The van der Waals surface area contributed by atoms with Crippen LogP contribution in [-0.2, 0) is 11.3 Å². The van der Waals surface area contributed by atoms with E-state index in [9.17, 15) is 9.59 Å². The van der Waals surface area contributed by atoms with E-state index < -0.39 is 0 Å². The van der Waals surface area contributed by atoms with Crippen LogP contribution < -0.4 is 5.32 Å². The van der Waals surface area contributed by atoms with Crippen molar-refractivity contribution in [1.82, 2.24) is 9.80 Å². The summed E-state index contributed by atoms with van der Waals surface area (Å²) in [7, 11) is 0. The Labute approximate surface area is 167 Å². The number of piperazine rings is 1. The number of nitrogens with one attached hydrogen (secondary N) is 1. The van der Waals surface area contributed by atoms with Crippen molar-refractivity contribution in [3.05, 3.63) is 65.2 Å². The van der Waals surface area contributed by atoms with Gasteiger partial charge in [-0.2, -0.15) is 0 Å². The molecule has 1 N–H and O–H groups in total. The number of carbonyl (C=O) groups excluding carboxylic acids is 2. The summed E-state index contributed by atoms with van der Waals surface area (Å²) in [5, 5.41) is 2.85. The molecule has 0 aliphatic carbocycles. The largest absolute Gasteiger partial charge is 0.336 e. The van der Waals surface area contributed by atoms with E-state index in [0.717, 1.165) is 38.4 Å². The zero-order valence-electron chi connectivity index (χ0n) is 16.9. The van der Waals surface area contributed by atoms with Gasteiger partial charge in [0.2, 0.25) is 5.91 Å². The molecule has 0 saturated carbocycles. The molecule has 2 aromatic carbocycles. The Hall–Kier alpha value is -2.66. The average molecular weight is 380 g/mol. The van der Waals surface area contributed by atoms with Gasteiger partial charge in [0.05, 0.1) is 0 Å². The topological polar surface area (TPSA) is 52.6 Å². The van der Waals surface area contributed by atoms with Crippen molar-refractivity contribution in [1.29, 1.82) is 0 Å². The Kier molecular flexibility index (Phi) is 6.47. The fourth-order valence-electron chi connectivity index (χ4n) is 3.30. The molecule has 1 heterocycles. The second-order valence-corrected chi connectivity index (χ2v) is 7.72. The van der Waals surface area contributed by atoms with E-state index in [0.29, 0.717) is 5.56 Å². The minimum atomic E-state index is -0.0720. The molecule has 0 bridgehead atoms. The molecular weight excluding hydrogens is 350 g/mol. The van der Waals surface area contributed by atoms with E-state index in [-0.39, 0.29) is 17.7 Å². The molecule has 0 spiro atoms. The lowest BCUT2D eigenvalue weighted by Gasteiger charge is -2.35. The lowest BCUT2D eigenvalue weighted by atomic mass is 10.1. The first-order chi connectivity index (χ1) is 13.4. The van der Waals surface area contributed by atoms with Gasteiger partial charge in [0.15, 0.2) is 0 Å². The van der Waals surface area contributed by atoms with Crippen molar-refractivity contribution in [2.45, 2.75) is 27.3 Å². The zero-order chi connectivity index (χ0) is 20.1. The summed E-state index contributed by atoms with van der Waals surface area (Å²) < 4.78 is 0. The average Bonchev–Trinajstić information content (AvgIpc) is 2.70. The summed E-state index contributed by atoms with van der Waals surface area (Å²) in [5.41, 5.74) is 4.04. The lowest BCUT2D eigenvalue weighted by Crippen LogP contribution is -2.48. The van der Waals surface area contributed by atoms with Gasteiger partial charge in [-0.1, -0.05) is 38.1 Å². The fourth-order valence-corrected chi connectivity index (χ4v) is 3.30. The molecule has 2 amide bonds. The first-order valence-corrected chi connectivity index (χ1v) is 9.91. The van der Waals surface area contributed by atoms with Crippen LogP contribution in [0.2, 0.25) is 0 Å². The zero-order valence-corrected chi connectivity index (χ0v) is 16.9. The van der Waals surface area contributed by atoms with Crippen molar-refractivity contribution < 1.29 is 9.59 Å². The summed E-state index contributed by atoms with van der Waals surface area (Å²) in [5.74, 6) is -0.0431. The van der Waals surface area contributed by atoms with Crippen LogP contribution in [0.5, 0.6) is 0 Å². The molecule has 1 saturated heterocycles. The number of carbonyl (C=O) groups is 2. The second-order valence-electron chi connectivity index (χ2n) is 7.72. The summed E-state index contributed by atoms with van der Waals surface area (Å²) in [6.45, 7) is 10.00. The minimum Gasteiger partial charge on any atom is -0.336 e. The molecule has 28 heavy (non-hydrogen) atoms. The Morgan fingerprint density at radius 3 is 2.21 bits per heavy atom. The van der Waals surface area contributed by atoms with Crippen molar-refractivity contribution in [3.63, 3.8) is 0 Å². The van der Waals surface area contributed by atoms with Crippen molar-refractivity contribution in [2.75, 3.05) is 31.5 Å². The molecule has 0 aromatic heterocycles. The van der Waals surface area contributed by atoms with E-state index in [1.54, 1.807) is 24.3 Å². The highest BCUT2D eigenvalue weighted by molar-refractivity contribution is 5.96. The first-order valence-electron chi connectivity index (χ1n) is 9.91. The highest BCUT2D eigenvalue weighted by atomic mass is 16.2. The number of amides is 2. The predicted molar refractivity (Wildman–Crippen MR) is 112 cm³/mol. The van der Waals surface area contributed by atoms with Crippen LogP contribution in [0.3, 0.4) is 0 Å². The summed E-state index contributed by atoms with van der Waals surface area (Å²) in [6.07, 6.45) is 0. The molecule has 0 radical (unpaired) electrons. The molecule has 3 rings (SSSR count). The lowest BCUT2D eigenvalue weighted by molar-refractivity contribution is -0.118. The Morgan fingerprint density at radius 1 is 0.964 bits per heavy atom. The Balaban J connectivity index is 1.53. The number of hydrogen-bond acceptors (Lipinski definition) is 3. The molecule has 0 atom stereocenters. The predicted octanol–water partition coefficient (Wildman–Crippen LogP) is 3.55. The molecule has 5 heteroatoms. The number of aryl methyl sites for hydroxylation is 1. The van der Waals surface area contributed by atoms with Crippen LogP contribution in [0.25, 0.3) is 0 Å². The van der Waals surface area contributed by atoms with Crippen molar-refractivity contribution in [2.24, 2.45) is 5.92 Å². The monoisotopic (exact) mass is 379 g/mol.